The van der Waals surface area contributed by atoms with E-state index in [9.17, 15) is 13.2 Å². The zero-order chi connectivity index (χ0) is 13.6. The van der Waals surface area contributed by atoms with Gasteiger partial charge in [-0.25, -0.2) is 8.42 Å². The summed E-state index contributed by atoms with van der Waals surface area (Å²) in [5, 5.41) is 17.4. The van der Waals surface area contributed by atoms with Gasteiger partial charge in [0.1, 0.15) is 5.41 Å². The Morgan fingerprint density at radius 2 is 1.94 bits per heavy atom. The van der Waals surface area contributed by atoms with Gasteiger partial charge in [-0.1, -0.05) is 11.6 Å². The molecular formula is C11H11ClO5S. The van der Waals surface area contributed by atoms with E-state index in [4.69, 9.17) is 21.8 Å². The van der Waals surface area contributed by atoms with Gasteiger partial charge in [0.25, 0.3) is 0 Å². The maximum absolute atomic E-state index is 12.2. The number of halogens is 1. The summed E-state index contributed by atoms with van der Waals surface area (Å²) in [6.07, 6.45) is -0.0657. The SMILES string of the molecule is O=C(O)[C@]1(CO)C[C@H]1S(=O)(=O)c1ccc(Cl)cc1. The number of hydrogen-bond donors (Lipinski definition) is 2. The summed E-state index contributed by atoms with van der Waals surface area (Å²) in [6.45, 7) is -0.681. The van der Waals surface area contributed by atoms with Crippen molar-refractivity contribution in [3.05, 3.63) is 29.3 Å². The third kappa shape index (κ3) is 1.90. The maximum Gasteiger partial charge on any atom is 0.313 e. The number of sulfone groups is 1. The number of aliphatic hydroxyl groups excluding tert-OH is 1. The van der Waals surface area contributed by atoms with Crippen molar-refractivity contribution >= 4 is 27.4 Å². The molecule has 1 aliphatic rings. The number of rotatable bonds is 4. The fourth-order valence-corrected chi connectivity index (χ4v) is 4.18. The van der Waals surface area contributed by atoms with Crippen LogP contribution in [-0.4, -0.2) is 36.5 Å². The van der Waals surface area contributed by atoms with Crippen LogP contribution in [0.4, 0.5) is 0 Å². The molecule has 0 amide bonds. The lowest BCUT2D eigenvalue weighted by atomic mass is 10.1. The summed E-state index contributed by atoms with van der Waals surface area (Å²) in [6, 6.07) is 5.52. The summed E-state index contributed by atoms with van der Waals surface area (Å²) >= 11 is 5.66. The van der Waals surface area contributed by atoms with E-state index in [1.165, 1.54) is 24.3 Å². The number of carbonyl (C=O) groups is 1. The Kier molecular flexibility index (Phi) is 3.12. The molecule has 0 aliphatic heterocycles. The molecule has 98 valence electrons. The molecule has 1 saturated carbocycles. The number of benzene rings is 1. The zero-order valence-corrected chi connectivity index (χ0v) is 10.8. The molecule has 1 aliphatic carbocycles. The van der Waals surface area contributed by atoms with Crippen molar-refractivity contribution in [1.29, 1.82) is 0 Å². The highest BCUT2D eigenvalue weighted by Gasteiger charge is 2.66. The van der Waals surface area contributed by atoms with Gasteiger partial charge >= 0.3 is 5.97 Å². The molecule has 7 heteroatoms. The second-order valence-corrected chi connectivity index (χ2v) is 6.88. The lowest BCUT2D eigenvalue weighted by Gasteiger charge is -2.09. The number of aliphatic hydroxyl groups is 1. The Morgan fingerprint density at radius 3 is 2.33 bits per heavy atom. The summed E-state index contributed by atoms with van der Waals surface area (Å²) in [4.78, 5) is 11.0. The van der Waals surface area contributed by atoms with E-state index in [-0.39, 0.29) is 11.3 Å². The molecule has 1 aromatic carbocycles. The third-order valence-electron chi connectivity index (χ3n) is 3.23. The van der Waals surface area contributed by atoms with Crippen LogP contribution in [0.25, 0.3) is 0 Å². The Balaban J connectivity index is 2.35. The van der Waals surface area contributed by atoms with Crippen LogP contribution >= 0.6 is 11.6 Å². The second-order valence-electron chi connectivity index (χ2n) is 4.31. The van der Waals surface area contributed by atoms with Crippen LogP contribution in [0.1, 0.15) is 6.42 Å². The van der Waals surface area contributed by atoms with Crippen LogP contribution < -0.4 is 0 Å². The summed E-state index contributed by atoms with van der Waals surface area (Å²) < 4.78 is 24.3. The summed E-state index contributed by atoms with van der Waals surface area (Å²) in [7, 11) is -3.75. The topological polar surface area (TPSA) is 91.7 Å². The zero-order valence-electron chi connectivity index (χ0n) is 9.21. The van der Waals surface area contributed by atoms with Gasteiger partial charge in [-0.05, 0) is 30.7 Å². The molecule has 0 saturated heterocycles. The van der Waals surface area contributed by atoms with Crippen molar-refractivity contribution in [3.63, 3.8) is 0 Å². The largest absolute Gasteiger partial charge is 0.481 e. The molecule has 2 N–H and O–H groups in total. The van der Waals surface area contributed by atoms with Crippen LogP contribution in [0, 0.1) is 5.41 Å². The van der Waals surface area contributed by atoms with Gasteiger partial charge < -0.3 is 10.2 Å². The van der Waals surface area contributed by atoms with Gasteiger partial charge in [0.15, 0.2) is 9.84 Å². The first-order valence-electron chi connectivity index (χ1n) is 5.18. The van der Waals surface area contributed by atoms with E-state index >= 15 is 0 Å². The molecule has 0 unspecified atom stereocenters. The van der Waals surface area contributed by atoms with E-state index in [2.05, 4.69) is 0 Å². The molecule has 1 fully saturated rings. The second kappa shape index (κ2) is 4.22. The maximum atomic E-state index is 12.2. The fraction of sp³-hybridized carbons (Fsp3) is 0.364. The molecule has 2 rings (SSSR count). The average molecular weight is 291 g/mol. The molecular weight excluding hydrogens is 280 g/mol. The van der Waals surface area contributed by atoms with Gasteiger partial charge in [0.05, 0.1) is 16.8 Å². The first kappa shape index (κ1) is 13.3. The average Bonchev–Trinajstić information content (AvgIpc) is 3.06. The van der Waals surface area contributed by atoms with Crippen molar-refractivity contribution in [2.75, 3.05) is 6.61 Å². The highest BCUT2D eigenvalue weighted by Crippen LogP contribution is 2.52. The number of hydrogen-bond acceptors (Lipinski definition) is 4. The van der Waals surface area contributed by atoms with Crippen molar-refractivity contribution in [2.45, 2.75) is 16.6 Å². The van der Waals surface area contributed by atoms with E-state index in [0.29, 0.717) is 5.02 Å². The molecule has 0 bridgehead atoms. The molecule has 18 heavy (non-hydrogen) atoms. The predicted molar refractivity (Wildman–Crippen MR) is 64.2 cm³/mol. The van der Waals surface area contributed by atoms with Crippen molar-refractivity contribution in [2.24, 2.45) is 5.41 Å². The number of carboxylic acid groups (broad SMARTS) is 1. The minimum Gasteiger partial charge on any atom is -0.481 e. The quantitative estimate of drug-likeness (QED) is 0.861. The minimum absolute atomic E-state index is 0.0217. The van der Waals surface area contributed by atoms with Gasteiger partial charge in [0.2, 0.25) is 0 Å². The molecule has 1 aromatic rings. The number of aliphatic carboxylic acids is 1. The predicted octanol–water partition coefficient (Wildman–Crippen LogP) is 0.949. The molecule has 0 heterocycles. The number of carboxylic acids is 1. The monoisotopic (exact) mass is 290 g/mol. The van der Waals surface area contributed by atoms with E-state index < -0.39 is 33.1 Å². The Labute approximate surface area is 109 Å². The fourth-order valence-electron chi connectivity index (χ4n) is 1.93. The molecule has 0 radical (unpaired) electrons. The molecule has 0 spiro atoms. The van der Waals surface area contributed by atoms with Crippen molar-refractivity contribution < 1.29 is 23.4 Å². The Hall–Kier alpha value is -1.11. The normalized spacial score (nSPS) is 26.9. The third-order valence-corrected chi connectivity index (χ3v) is 5.78. The molecule has 5 nitrogen and oxygen atoms in total. The van der Waals surface area contributed by atoms with Crippen LogP contribution in [-0.2, 0) is 14.6 Å². The summed E-state index contributed by atoms with van der Waals surface area (Å²) in [5.41, 5.74) is -1.56. The van der Waals surface area contributed by atoms with Crippen molar-refractivity contribution in [1.82, 2.24) is 0 Å². The summed E-state index contributed by atoms with van der Waals surface area (Å²) in [5.74, 6) is -1.28. The van der Waals surface area contributed by atoms with Crippen LogP contribution in [0.2, 0.25) is 5.02 Å². The Morgan fingerprint density at radius 1 is 1.39 bits per heavy atom. The van der Waals surface area contributed by atoms with Gasteiger partial charge in [-0.2, -0.15) is 0 Å². The lowest BCUT2D eigenvalue weighted by molar-refractivity contribution is -0.144. The molecule has 0 aromatic heterocycles. The van der Waals surface area contributed by atoms with E-state index in [1.807, 2.05) is 0 Å². The Bertz CT molecular complexity index is 580. The van der Waals surface area contributed by atoms with Gasteiger partial charge in [-0.15, -0.1) is 0 Å². The highest BCUT2D eigenvalue weighted by atomic mass is 35.5. The first-order valence-corrected chi connectivity index (χ1v) is 7.11. The van der Waals surface area contributed by atoms with E-state index in [1.54, 1.807) is 0 Å². The minimum atomic E-state index is -3.75. The highest BCUT2D eigenvalue weighted by molar-refractivity contribution is 7.92. The van der Waals surface area contributed by atoms with E-state index in [0.717, 1.165) is 0 Å². The van der Waals surface area contributed by atoms with Crippen LogP contribution in [0.3, 0.4) is 0 Å². The van der Waals surface area contributed by atoms with Gasteiger partial charge in [-0.3, -0.25) is 4.79 Å². The smallest absolute Gasteiger partial charge is 0.313 e. The van der Waals surface area contributed by atoms with Crippen LogP contribution in [0.15, 0.2) is 29.2 Å². The lowest BCUT2D eigenvalue weighted by Crippen LogP contribution is -2.27. The van der Waals surface area contributed by atoms with Crippen LogP contribution in [0.5, 0.6) is 0 Å². The molecule has 2 atom stereocenters. The standard InChI is InChI=1S/C11H11ClO5S/c12-7-1-3-8(4-2-7)18(16,17)9-5-11(9,6-13)10(14)15/h1-4,9,13H,5-6H2,(H,14,15)/t9-,11+/m1/s1. The van der Waals surface area contributed by atoms with Crippen molar-refractivity contribution in [3.8, 4) is 0 Å². The first-order chi connectivity index (χ1) is 8.34. The van der Waals surface area contributed by atoms with Gasteiger partial charge in [0, 0.05) is 5.02 Å².